The summed E-state index contributed by atoms with van der Waals surface area (Å²) in [5.41, 5.74) is 1.15. The van der Waals surface area contributed by atoms with E-state index in [1.165, 1.54) is 6.42 Å². The molecule has 0 spiro atoms. The summed E-state index contributed by atoms with van der Waals surface area (Å²) in [5.74, 6) is 0.650. The summed E-state index contributed by atoms with van der Waals surface area (Å²) in [6.45, 7) is 1.80. The quantitative estimate of drug-likeness (QED) is 0.775. The molecule has 2 nitrogen and oxygen atoms in total. The maximum absolute atomic E-state index is 5.37. The molecule has 0 N–H and O–H groups in total. The summed E-state index contributed by atoms with van der Waals surface area (Å²) in [6.07, 6.45) is 4.01. The van der Waals surface area contributed by atoms with Crippen molar-refractivity contribution >= 4 is 15.9 Å². The van der Waals surface area contributed by atoms with Crippen LogP contribution in [0.25, 0.3) is 0 Å². The average molecular weight is 256 g/mol. The molecule has 1 fully saturated rings. The van der Waals surface area contributed by atoms with Crippen LogP contribution in [-0.4, -0.2) is 23.0 Å². The summed E-state index contributed by atoms with van der Waals surface area (Å²) in [4.78, 5) is 4.82. The van der Waals surface area contributed by atoms with E-state index in [4.69, 9.17) is 4.74 Å². The molecule has 0 aliphatic carbocycles. The molecule has 2 atom stereocenters. The van der Waals surface area contributed by atoms with E-state index >= 15 is 0 Å². The van der Waals surface area contributed by atoms with Crippen molar-refractivity contribution in [1.82, 2.24) is 4.98 Å². The van der Waals surface area contributed by atoms with Gasteiger partial charge < -0.3 is 4.74 Å². The zero-order chi connectivity index (χ0) is 9.80. The first-order chi connectivity index (χ1) is 6.86. The van der Waals surface area contributed by atoms with Crippen LogP contribution >= 0.6 is 15.9 Å². The molecule has 0 saturated carbocycles. The Kier molecular flexibility index (Phi) is 3.54. The zero-order valence-electron chi connectivity index (χ0n) is 8.03. The number of rotatable bonds is 3. The normalized spacial score (nSPS) is 23.6. The Morgan fingerprint density at radius 3 is 3.14 bits per heavy atom. The van der Waals surface area contributed by atoms with Gasteiger partial charge in [-0.1, -0.05) is 22.0 Å². The second-order valence-electron chi connectivity index (χ2n) is 3.66. The van der Waals surface area contributed by atoms with Gasteiger partial charge in [-0.25, -0.2) is 0 Å². The van der Waals surface area contributed by atoms with Crippen LogP contribution in [0.2, 0.25) is 0 Å². The number of ether oxygens (including phenoxy) is 1. The van der Waals surface area contributed by atoms with Gasteiger partial charge in [0.25, 0.3) is 0 Å². The molecule has 1 aromatic rings. The highest BCUT2D eigenvalue weighted by Gasteiger charge is 2.23. The monoisotopic (exact) mass is 255 g/mol. The third kappa shape index (κ3) is 2.55. The first-order valence-electron chi connectivity index (χ1n) is 4.98. The second-order valence-corrected chi connectivity index (χ2v) is 4.84. The molecule has 76 valence electrons. The van der Waals surface area contributed by atoms with Crippen molar-refractivity contribution < 1.29 is 4.74 Å². The van der Waals surface area contributed by atoms with Crippen LogP contribution in [0, 0.1) is 5.92 Å². The van der Waals surface area contributed by atoms with Crippen LogP contribution in [0.15, 0.2) is 24.4 Å². The van der Waals surface area contributed by atoms with E-state index in [9.17, 15) is 0 Å². The molecule has 14 heavy (non-hydrogen) atoms. The Balaban J connectivity index is 1.90. The van der Waals surface area contributed by atoms with E-state index in [1.807, 2.05) is 18.3 Å². The van der Waals surface area contributed by atoms with Crippen LogP contribution in [0.3, 0.4) is 0 Å². The second kappa shape index (κ2) is 4.89. The van der Waals surface area contributed by atoms with Crippen LogP contribution in [0.5, 0.6) is 0 Å². The van der Waals surface area contributed by atoms with Gasteiger partial charge in [-0.3, -0.25) is 4.98 Å². The van der Waals surface area contributed by atoms with Gasteiger partial charge in [0.2, 0.25) is 0 Å². The Labute approximate surface area is 92.8 Å². The minimum atomic E-state index is 0.500. The number of halogens is 1. The molecule has 2 rings (SSSR count). The lowest BCUT2D eigenvalue weighted by Crippen LogP contribution is -2.17. The van der Waals surface area contributed by atoms with E-state index in [2.05, 4.69) is 27.0 Å². The highest BCUT2D eigenvalue weighted by Crippen LogP contribution is 2.24. The maximum Gasteiger partial charge on any atom is 0.0505 e. The molecule has 2 unspecified atom stereocenters. The number of hydrogen-bond acceptors (Lipinski definition) is 2. The van der Waals surface area contributed by atoms with Crippen molar-refractivity contribution in [3.05, 3.63) is 30.1 Å². The predicted molar refractivity (Wildman–Crippen MR) is 59.6 cm³/mol. The van der Waals surface area contributed by atoms with Gasteiger partial charge in [0.15, 0.2) is 0 Å². The van der Waals surface area contributed by atoms with Crippen molar-refractivity contribution in [3.8, 4) is 0 Å². The summed E-state index contributed by atoms with van der Waals surface area (Å²) >= 11 is 3.72. The molecule has 2 heterocycles. The lowest BCUT2D eigenvalue weighted by molar-refractivity contribution is 0.185. The zero-order valence-corrected chi connectivity index (χ0v) is 9.61. The SMILES string of the molecule is BrC(Cc1ccccn1)C1CCOC1. The van der Waals surface area contributed by atoms with Crippen molar-refractivity contribution in [2.24, 2.45) is 5.92 Å². The van der Waals surface area contributed by atoms with Gasteiger partial charge in [0.1, 0.15) is 0 Å². The summed E-state index contributed by atoms with van der Waals surface area (Å²) in [7, 11) is 0. The van der Waals surface area contributed by atoms with Gasteiger partial charge in [0, 0.05) is 29.7 Å². The van der Waals surface area contributed by atoms with Gasteiger partial charge in [-0.15, -0.1) is 0 Å². The molecule has 0 amide bonds. The van der Waals surface area contributed by atoms with Crippen LogP contribution in [0.4, 0.5) is 0 Å². The van der Waals surface area contributed by atoms with Crippen molar-refractivity contribution in [2.75, 3.05) is 13.2 Å². The third-order valence-corrected chi connectivity index (χ3v) is 3.68. The van der Waals surface area contributed by atoms with Crippen molar-refractivity contribution in [2.45, 2.75) is 17.7 Å². The molecule has 1 aliphatic heterocycles. The van der Waals surface area contributed by atoms with E-state index in [-0.39, 0.29) is 0 Å². The van der Waals surface area contributed by atoms with Crippen molar-refractivity contribution in [1.29, 1.82) is 0 Å². The molecular formula is C11H14BrNO. The summed E-state index contributed by atoms with van der Waals surface area (Å²) in [6, 6.07) is 6.06. The Morgan fingerprint density at radius 1 is 1.57 bits per heavy atom. The molecule has 0 radical (unpaired) electrons. The molecule has 1 saturated heterocycles. The van der Waals surface area contributed by atoms with E-state index in [0.29, 0.717) is 10.7 Å². The van der Waals surface area contributed by atoms with Crippen LogP contribution in [-0.2, 0) is 11.2 Å². The third-order valence-electron chi connectivity index (χ3n) is 2.61. The van der Waals surface area contributed by atoms with Crippen molar-refractivity contribution in [3.63, 3.8) is 0 Å². The lowest BCUT2D eigenvalue weighted by atomic mass is 10.0. The molecule has 1 aliphatic rings. The van der Waals surface area contributed by atoms with Gasteiger partial charge in [0.05, 0.1) is 6.61 Å². The van der Waals surface area contributed by atoms with Crippen LogP contribution in [0.1, 0.15) is 12.1 Å². The first-order valence-corrected chi connectivity index (χ1v) is 5.89. The topological polar surface area (TPSA) is 22.1 Å². The highest BCUT2D eigenvalue weighted by atomic mass is 79.9. The summed E-state index contributed by atoms with van der Waals surface area (Å²) in [5, 5.41) is 0. The molecule has 1 aromatic heterocycles. The number of aromatic nitrogens is 1. The lowest BCUT2D eigenvalue weighted by Gasteiger charge is -2.14. The standard InChI is InChI=1S/C11H14BrNO/c12-11(9-4-6-14-8-9)7-10-3-1-2-5-13-10/h1-3,5,9,11H,4,6-8H2. The average Bonchev–Trinajstić information content (AvgIpc) is 2.72. The fraction of sp³-hybridized carbons (Fsp3) is 0.545. The van der Waals surface area contributed by atoms with Gasteiger partial charge in [-0.05, 0) is 24.5 Å². The summed E-state index contributed by atoms with van der Waals surface area (Å²) < 4.78 is 5.37. The number of hydrogen-bond donors (Lipinski definition) is 0. The number of nitrogens with zero attached hydrogens (tertiary/aromatic N) is 1. The van der Waals surface area contributed by atoms with Gasteiger partial charge in [-0.2, -0.15) is 0 Å². The molecule has 0 bridgehead atoms. The van der Waals surface area contributed by atoms with Gasteiger partial charge >= 0.3 is 0 Å². The largest absolute Gasteiger partial charge is 0.381 e. The molecule has 0 aromatic carbocycles. The molecule has 3 heteroatoms. The van der Waals surface area contributed by atoms with E-state index in [1.54, 1.807) is 0 Å². The molecular weight excluding hydrogens is 242 g/mol. The Bertz CT molecular complexity index is 272. The minimum Gasteiger partial charge on any atom is -0.381 e. The fourth-order valence-corrected chi connectivity index (χ4v) is 2.47. The first kappa shape index (κ1) is 10.1. The fourth-order valence-electron chi connectivity index (χ4n) is 1.72. The Morgan fingerprint density at radius 2 is 2.50 bits per heavy atom. The smallest absolute Gasteiger partial charge is 0.0505 e. The van der Waals surface area contributed by atoms with E-state index in [0.717, 1.165) is 25.3 Å². The predicted octanol–water partition coefficient (Wildman–Crippen LogP) is 2.42. The van der Waals surface area contributed by atoms with E-state index < -0.39 is 0 Å². The van der Waals surface area contributed by atoms with Crippen LogP contribution < -0.4 is 0 Å². The minimum absolute atomic E-state index is 0.500. The number of alkyl halides is 1. The highest BCUT2D eigenvalue weighted by molar-refractivity contribution is 9.09. The maximum atomic E-state index is 5.37. The Hall–Kier alpha value is -0.410. The number of pyridine rings is 1.